The summed E-state index contributed by atoms with van der Waals surface area (Å²) in [5.41, 5.74) is 4.90. The Bertz CT molecular complexity index is 1440. The van der Waals surface area contributed by atoms with Crippen molar-refractivity contribution in [1.82, 2.24) is 9.55 Å². The first-order valence-electron chi connectivity index (χ1n) is 10.4. The number of thioether (sulfide) groups is 1. The van der Waals surface area contributed by atoms with Crippen molar-refractivity contribution in [3.8, 4) is 11.8 Å². The molecule has 33 heavy (non-hydrogen) atoms. The summed E-state index contributed by atoms with van der Waals surface area (Å²) in [5.74, 6) is -0.114. The summed E-state index contributed by atoms with van der Waals surface area (Å²) in [6, 6.07) is 22.3. The van der Waals surface area contributed by atoms with Gasteiger partial charge in [-0.3, -0.25) is 14.2 Å². The molecule has 6 nitrogen and oxygen atoms in total. The number of para-hydroxylation sites is 1. The molecule has 0 unspecified atom stereocenters. The van der Waals surface area contributed by atoms with Gasteiger partial charge < -0.3 is 5.32 Å². The Kier molecular flexibility index (Phi) is 6.57. The van der Waals surface area contributed by atoms with E-state index in [2.05, 4.69) is 11.4 Å². The van der Waals surface area contributed by atoms with Crippen LogP contribution in [-0.4, -0.2) is 21.2 Å². The fraction of sp³-hybridized carbons (Fsp3) is 0.154. The number of carbonyl (C=O) groups is 1. The van der Waals surface area contributed by atoms with Crippen LogP contribution in [0.25, 0.3) is 16.6 Å². The number of rotatable bonds is 6. The molecular formula is C26H22N4O2S. The number of hydrogen-bond donors (Lipinski definition) is 1. The van der Waals surface area contributed by atoms with Crippen molar-refractivity contribution in [3.05, 3.63) is 93.8 Å². The van der Waals surface area contributed by atoms with E-state index < -0.39 is 0 Å². The van der Waals surface area contributed by atoms with Crippen LogP contribution in [0.5, 0.6) is 0 Å². The molecule has 0 aliphatic heterocycles. The molecule has 4 rings (SSSR count). The lowest BCUT2D eigenvalue weighted by atomic mass is 10.1. The van der Waals surface area contributed by atoms with Gasteiger partial charge in [0.15, 0.2) is 5.16 Å². The lowest BCUT2D eigenvalue weighted by Gasteiger charge is -2.14. The average Bonchev–Trinajstić information content (AvgIpc) is 2.81. The van der Waals surface area contributed by atoms with Crippen LogP contribution >= 0.6 is 11.8 Å². The molecule has 0 atom stereocenters. The van der Waals surface area contributed by atoms with Gasteiger partial charge in [-0.05, 0) is 66.9 Å². The topological polar surface area (TPSA) is 87.8 Å². The van der Waals surface area contributed by atoms with Gasteiger partial charge in [-0.2, -0.15) is 5.26 Å². The maximum absolute atomic E-state index is 13.4. The molecule has 0 radical (unpaired) electrons. The van der Waals surface area contributed by atoms with Gasteiger partial charge in [-0.25, -0.2) is 4.98 Å². The maximum atomic E-state index is 13.4. The molecule has 1 aromatic heterocycles. The van der Waals surface area contributed by atoms with Crippen molar-refractivity contribution in [3.63, 3.8) is 0 Å². The van der Waals surface area contributed by atoms with E-state index in [1.54, 1.807) is 28.8 Å². The molecule has 1 heterocycles. The molecule has 4 aromatic rings. The SMILES string of the molecule is Cc1ccc(-n2c(SCC(=O)Nc3ccc(CC#N)cc3)nc3ccccc3c2=O)cc1C. The molecule has 0 fully saturated rings. The fourth-order valence-electron chi connectivity index (χ4n) is 3.43. The van der Waals surface area contributed by atoms with E-state index in [1.807, 2.05) is 56.3 Å². The molecule has 7 heteroatoms. The Morgan fingerprint density at radius 1 is 1.06 bits per heavy atom. The van der Waals surface area contributed by atoms with E-state index in [-0.39, 0.29) is 17.2 Å². The zero-order chi connectivity index (χ0) is 23.4. The summed E-state index contributed by atoms with van der Waals surface area (Å²) in [7, 11) is 0. The van der Waals surface area contributed by atoms with Gasteiger partial charge in [0.2, 0.25) is 5.91 Å². The monoisotopic (exact) mass is 454 g/mol. The summed E-state index contributed by atoms with van der Waals surface area (Å²) in [4.78, 5) is 30.6. The predicted octanol–water partition coefficient (Wildman–Crippen LogP) is 4.80. The molecule has 0 saturated carbocycles. The van der Waals surface area contributed by atoms with Crippen LogP contribution in [0.15, 0.2) is 76.7 Å². The quantitative estimate of drug-likeness (QED) is 0.334. The molecule has 1 N–H and O–H groups in total. The minimum Gasteiger partial charge on any atom is -0.325 e. The van der Waals surface area contributed by atoms with E-state index in [4.69, 9.17) is 10.2 Å². The van der Waals surface area contributed by atoms with Crippen LogP contribution in [0, 0.1) is 25.2 Å². The van der Waals surface area contributed by atoms with Gasteiger partial charge in [0.1, 0.15) is 0 Å². The Hall–Kier alpha value is -3.89. The van der Waals surface area contributed by atoms with Gasteiger partial charge in [0.05, 0.1) is 34.8 Å². The zero-order valence-corrected chi connectivity index (χ0v) is 19.1. The number of anilines is 1. The number of benzene rings is 3. The van der Waals surface area contributed by atoms with Crippen LogP contribution in [0.2, 0.25) is 0 Å². The van der Waals surface area contributed by atoms with Crippen molar-refractivity contribution in [1.29, 1.82) is 5.26 Å². The van der Waals surface area contributed by atoms with Crippen molar-refractivity contribution in [2.75, 3.05) is 11.1 Å². The average molecular weight is 455 g/mol. The van der Waals surface area contributed by atoms with Crippen LogP contribution in [0.4, 0.5) is 5.69 Å². The Balaban J connectivity index is 1.62. The second-order valence-electron chi connectivity index (χ2n) is 7.69. The highest BCUT2D eigenvalue weighted by Gasteiger charge is 2.15. The summed E-state index contributed by atoms with van der Waals surface area (Å²) in [6.45, 7) is 4.02. The summed E-state index contributed by atoms with van der Waals surface area (Å²) < 4.78 is 1.57. The minimum absolute atomic E-state index is 0.0928. The van der Waals surface area contributed by atoms with Gasteiger partial charge in [0, 0.05) is 5.69 Å². The number of amides is 1. The molecule has 164 valence electrons. The van der Waals surface area contributed by atoms with E-state index in [9.17, 15) is 9.59 Å². The Morgan fingerprint density at radius 2 is 1.82 bits per heavy atom. The number of aryl methyl sites for hydroxylation is 2. The van der Waals surface area contributed by atoms with Crippen LogP contribution in [0.3, 0.4) is 0 Å². The van der Waals surface area contributed by atoms with Crippen molar-refractivity contribution in [2.45, 2.75) is 25.4 Å². The highest BCUT2D eigenvalue weighted by Crippen LogP contribution is 2.23. The van der Waals surface area contributed by atoms with Crippen LogP contribution in [0.1, 0.15) is 16.7 Å². The smallest absolute Gasteiger partial charge is 0.266 e. The fourth-order valence-corrected chi connectivity index (χ4v) is 4.24. The van der Waals surface area contributed by atoms with Gasteiger partial charge >= 0.3 is 0 Å². The number of nitrogens with one attached hydrogen (secondary N) is 1. The highest BCUT2D eigenvalue weighted by molar-refractivity contribution is 7.99. The summed E-state index contributed by atoms with van der Waals surface area (Å²) in [5, 5.41) is 12.6. The van der Waals surface area contributed by atoms with E-state index in [1.165, 1.54) is 11.8 Å². The number of aromatic nitrogens is 2. The number of nitriles is 1. The summed E-state index contributed by atoms with van der Waals surface area (Å²) >= 11 is 1.22. The molecule has 0 aliphatic carbocycles. The molecule has 3 aromatic carbocycles. The van der Waals surface area contributed by atoms with E-state index in [0.29, 0.717) is 28.2 Å². The standard InChI is InChI=1S/C26H22N4O2S/c1-17-7-12-21(15-18(17)2)30-25(32)22-5-3-4-6-23(22)29-26(30)33-16-24(31)28-20-10-8-19(9-11-20)13-14-27/h3-12,15H,13,16H2,1-2H3,(H,28,31). The van der Waals surface area contributed by atoms with Gasteiger partial charge in [0.25, 0.3) is 5.56 Å². The maximum Gasteiger partial charge on any atom is 0.266 e. The third kappa shape index (κ3) is 4.97. The van der Waals surface area contributed by atoms with Crippen molar-refractivity contribution >= 4 is 34.3 Å². The third-order valence-electron chi connectivity index (χ3n) is 5.35. The normalized spacial score (nSPS) is 10.7. The number of carbonyl (C=O) groups excluding carboxylic acids is 1. The second kappa shape index (κ2) is 9.72. The third-order valence-corrected chi connectivity index (χ3v) is 6.29. The first kappa shape index (κ1) is 22.3. The molecular weight excluding hydrogens is 432 g/mol. The van der Waals surface area contributed by atoms with Gasteiger partial charge in [-0.15, -0.1) is 0 Å². The van der Waals surface area contributed by atoms with Crippen molar-refractivity contribution in [2.24, 2.45) is 0 Å². The largest absolute Gasteiger partial charge is 0.325 e. The number of fused-ring (bicyclic) bond motifs is 1. The van der Waals surface area contributed by atoms with E-state index >= 15 is 0 Å². The van der Waals surface area contributed by atoms with E-state index in [0.717, 1.165) is 22.4 Å². The highest BCUT2D eigenvalue weighted by atomic mass is 32.2. The Labute approximate surface area is 195 Å². The number of nitrogens with zero attached hydrogens (tertiary/aromatic N) is 3. The summed E-state index contributed by atoms with van der Waals surface area (Å²) in [6.07, 6.45) is 0.327. The van der Waals surface area contributed by atoms with Crippen LogP contribution in [-0.2, 0) is 11.2 Å². The molecule has 0 spiro atoms. The van der Waals surface area contributed by atoms with Crippen LogP contribution < -0.4 is 10.9 Å². The zero-order valence-electron chi connectivity index (χ0n) is 18.3. The predicted molar refractivity (Wildman–Crippen MR) is 132 cm³/mol. The second-order valence-corrected chi connectivity index (χ2v) is 8.63. The molecule has 1 amide bonds. The molecule has 0 saturated heterocycles. The number of hydrogen-bond acceptors (Lipinski definition) is 5. The molecule has 0 aliphatic rings. The van der Waals surface area contributed by atoms with Crippen molar-refractivity contribution < 1.29 is 4.79 Å². The first-order valence-corrected chi connectivity index (χ1v) is 11.4. The molecule has 0 bridgehead atoms. The first-order chi connectivity index (χ1) is 16.0. The lowest BCUT2D eigenvalue weighted by molar-refractivity contribution is -0.113. The van der Waals surface area contributed by atoms with Gasteiger partial charge in [-0.1, -0.05) is 42.1 Å². The lowest BCUT2D eigenvalue weighted by Crippen LogP contribution is -2.23. The minimum atomic E-state index is -0.206. The Morgan fingerprint density at radius 3 is 2.55 bits per heavy atom.